The van der Waals surface area contributed by atoms with Gasteiger partial charge in [-0.3, -0.25) is 4.68 Å². The number of nitrogens with zero attached hydrogens (tertiary/aromatic N) is 2. The van der Waals surface area contributed by atoms with Gasteiger partial charge in [-0.05, 0) is 44.5 Å². The first kappa shape index (κ1) is 14.6. The molecule has 0 fully saturated rings. The third-order valence-corrected chi connectivity index (χ3v) is 3.76. The van der Waals surface area contributed by atoms with Crippen LogP contribution in [0, 0.1) is 20.8 Å². The maximum Gasteiger partial charge on any atom is 0.161 e. The largest absolute Gasteiger partial charge is 0.493 e. The molecular weight excluding hydrogens is 250 g/mol. The van der Waals surface area contributed by atoms with E-state index in [1.54, 1.807) is 13.3 Å². The number of aryl methyl sites for hydroxylation is 4. The highest BCUT2D eigenvalue weighted by molar-refractivity contribution is 5.45. The van der Waals surface area contributed by atoms with E-state index in [0.29, 0.717) is 0 Å². The number of rotatable bonds is 4. The molecule has 0 aliphatic heterocycles. The van der Waals surface area contributed by atoms with Crippen LogP contribution in [-0.2, 0) is 7.05 Å². The number of ether oxygens (including phenoxy) is 1. The van der Waals surface area contributed by atoms with Crippen LogP contribution in [0.4, 0.5) is 0 Å². The molecule has 108 valence electrons. The molecule has 0 aliphatic rings. The zero-order chi connectivity index (χ0) is 14.9. The molecule has 0 amide bonds. The lowest BCUT2D eigenvalue weighted by atomic mass is 9.92. The third kappa shape index (κ3) is 2.43. The zero-order valence-corrected chi connectivity index (χ0v) is 13.1. The fourth-order valence-corrected chi connectivity index (χ4v) is 2.98. The second-order valence-electron chi connectivity index (χ2n) is 5.26. The summed E-state index contributed by atoms with van der Waals surface area (Å²) in [6, 6.07) is 4.50. The quantitative estimate of drug-likeness (QED) is 0.931. The molecule has 1 unspecified atom stereocenters. The lowest BCUT2D eigenvalue weighted by Crippen LogP contribution is -2.23. The normalized spacial score (nSPS) is 12.5. The Morgan fingerprint density at radius 1 is 1.20 bits per heavy atom. The molecule has 1 aromatic heterocycles. The number of benzene rings is 1. The van der Waals surface area contributed by atoms with E-state index in [2.05, 4.69) is 43.3 Å². The van der Waals surface area contributed by atoms with Crippen molar-refractivity contribution < 1.29 is 4.74 Å². The first-order valence-corrected chi connectivity index (χ1v) is 6.80. The van der Waals surface area contributed by atoms with E-state index >= 15 is 0 Å². The van der Waals surface area contributed by atoms with Crippen LogP contribution in [0.5, 0.6) is 5.75 Å². The van der Waals surface area contributed by atoms with Crippen LogP contribution in [0.2, 0.25) is 0 Å². The summed E-state index contributed by atoms with van der Waals surface area (Å²) < 4.78 is 7.32. The van der Waals surface area contributed by atoms with Crippen molar-refractivity contribution in [2.45, 2.75) is 26.8 Å². The van der Waals surface area contributed by atoms with Crippen molar-refractivity contribution in [3.05, 3.63) is 46.3 Å². The first-order chi connectivity index (χ1) is 9.49. The summed E-state index contributed by atoms with van der Waals surface area (Å²) in [5.41, 5.74) is 6.19. The van der Waals surface area contributed by atoms with Crippen molar-refractivity contribution in [1.29, 1.82) is 0 Å². The van der Waals surface area contributed by atoms with E-state index in [1.807, 2.05) is 18.8 Å². The van der Waals surface area contributed by atoms with Crippen LogP contribution in [0.1, 0.15) is 34.0 Å². The minimum atomic E-state index is 0.0676. The zero-order valence-electron chi connectivity index (χ0n) is 13.1. The SMILES string of the molecule is CNC(c1c(C)cc(C)cc1C)c1c(OC)cnn1C. The van der Waals surface area contributed by atoms with Gasteiger partial charge in [0.15, 0.2) is 5.75 Å². The highest BCUT2D eigenvalue weighted by Crippen LogP contribution is 2.33. The van der Waals surface area contributed by atoms with Crippen LogP contribution in [0.25, 0.3) is 0 Å². The molecule has 0 aliphatic carbocycles. The van der Waals surface area contributed by atoms with Gasteiger partial charge in [-0.25, -0.2) is 0 Å². The third-order valence-electron chi connectivity index (χ3n) is 3.76. The molecule has 2 rings (SSSR count). The van der Waals surface area contributed by atoms with Crippen molar-refractivity contribution >= 4 is 0 Å². The molecule has 4 nitrogen and oxygen atoms in total. The smallest absolute Gasteiger partial charge is 0.161 e. The first-order valence-electron chi connectivity index (χ1n) is 6.80. The van der Waals surface area contributed by atoms with Gasteiger partial charge in [0.05, 0.1) is 19.3 Å². The van der Waals surface area contributed by atoms with Gasteiger partial charge in [-0.2, -0.15) is 5.10 Å². The predicted molar refractivity (Wildman–Crippen MR) is 81.3 cm³/mol. The average Bonchev–Trinajstić information content (AvgIpc) is 2.74. The van der Waals surface area contributed by atoms with Gasteiger partial charge >= 0.3 is 0 Å². The number of hydrogen-bond donors (Lipinski definition) is 1. The van der Waals surface area contributed by atoms with E-state index in [1.165, 1.54) is 22.3 Å². The molecule has 20 heavy (non-hydrogen) atoms. The molecule has 4 heteroatoms. The van der Waals surface area contributed by atoms with Gasteiger partial charge < -0.3 is 10.1 Å². The predicted octanol–water partition coefficient (Wildman–Crippen LogP) is 2.66. The van der Waals surface area contributed by atoms with Gasteiger partial charge in [-0.15, -0.1) is 0 Å². The monoisotopic (exact) mass is 273 g/mol. The molecule has 0 saturated carbocycles. The Hall–Kier alpha value is -1.81. The van der Waals surface area contributed by atoms with Crippen LogP contribution < -0.4 is 10.1 Å². The maximum absolute atomic E-state index is 5.45. The van der Waals surface area contributed by atoms with Gasteiger partial charge in [-0.1, -0.05) is 17.7 Å². The highest BCUT2D eigenvalue weighted by atomic mass is 16.5. The summed E-state index contributed by atoms with van der Waals surface area (Å²) in [5.74, 6) is 0.811. The van der Waals surface area contributed by atoms with Gasteiger partial charge in [0.2, 0.25) is 0 Å². The Labute approximate surface area is 120 Å². The van der Waals surface area contributed by atoms with Crippen molar-refractivity contribution in [3.8, 4) is 5.75 Å². The van der Waals surface area contributed by atoms with Gasteiger partial charge in [0.25, 0.3) is 0 Å². The number of aromatic nitrogens is 2. The van der Waals surface area contributed by atoms with Crippen molar-refractivity contribution in [2.75, 3.05) is 14.2 Å². The average molecular weight is 273 g/mol. The second-order valence-corrected chi connectivity index (χ2v) is 5.26. The number of methoxy groups -OCH3 is 1. The standard InChI is InChI=1S/C16H23N3O/c1-10-7-11(2)14(12(3)8-10)15(17-4)16-13(20-6)9-18-19(16)5/h7-9,15,17H,1-6H3. The molecule has 0 bridgehead atoms. The molecule has 1 aromatic carbocycles. The summed E-state index contributed by atoms with van der Waals surface area (Å²) >= 11 is 0. The van der Waals surface area contributed by atoms with E-state index in [-0.39, 0.29) is 6.04 Å². The van der Waals surface area contributed by atoms with Crippen LogP contribution in [0.15, 0.2) is 18.3 Å². The van der Waals surface area contributed by atoms with Crippen LogP contribution in [-0.4, -0.2) is 23.9 Å². The summed E-state index contributed by atoms with van der Waals surface area (Å²) in [4.78, 5) is 0. The summed E-state index contributed by atoms with van der Waals surface area (Å²) in [6.45, 7) is 6.44. The molecule has 0 radical (unpaired) electrons. The summed E-state index contributed by atoms with van der Waals surface area (Å²) in [7, 11) is 5.60. The molecule has 1 heterocycles. The van der Waals surface area contributed by atoms with E-state index in [0.717, 1.165) is 11.4 Å². The molecule has 2 aromatic rings. The van der Waals surface area contributed by atoms with Crippen molar-refractivity contribution in [2.24, 2.45) is 7.05 Å². The number of nitrogens with one attached hydrogen (secondary N) is 1. The highest BCUT2D eigenvalue weighted by Gasteiger charge is 2.24. The number of hydrogen-bond acceptors (Lipinski definition) is 3. The van der Waals surface area contributed by atoms with Crippen LogP contribution in [0.3, 0.4) is 0 Å². The Morgan fingerprint density at radius 2 is 1.80 bits per heavy atom. The van der Waals surface area contributed by atoms with Gasteiger partial charge in [0, 0.05) is 7.05 Å². The molecule has 0 saturated heterocycles. The molecule has 0 spiro atoms. The Morgan fingerprint density at radius 3 is 2.30 bits per heavy atom. The minimum absolute atomic E-state index is 0.0676. The molecular formula is C16H23N3O. The Balaban J connectivity index is 2.61. The van der Waals surface area contributed by atoms with Crippen molar-refractivity contribution in [1.82, 2.24) is 15.1 Å². The topological polar surface area (TPSA) is 39.1 Å². The maximum atomic E-state index is 5.45. The minimum Gasteiger partial charge on any atom is -0.493 e. The lowest BCUT2D eigenvalue weighted by molar-refractivity contribution is 0.402. The molecule has 1 atom stereocenters. The fraction of sp³-hybridized carbons (Fsp3) is 0.438. The summed E-state index contributed by atoms with van der Waals surface area (Å²) in [5, 5.41) is 7.71. The molecule has 1 N–H and O–H groups in total. The van der Waals surface area contributed by atoms with Gasteiger partial charge in [0.1, 0.15) is 5.69 Å². The summed E-state index contributed by atoms with van der Waals surface area (Å²) in [6.07, 6.45) is 1.76. The van der Waals surface area contributed by atoms with E-state index < -0.39 is 0 Å². The van der Waals surface area contributed by atoms with Crippen molar-refractivity contribution in [3.63, 3.8) is 0 Å². The lowest BCUT2D eigenvalue weighted by Gasteiger charge is -2.23. The van der Waals surface area contributed by atoms with Crippen LogP contribution >= 0.6 is 0 Å². The Bertz CT molecular complexity index is 593. The fourth-order valence-electron chi connectivity index (χ4n) is 2.98. The Kier molecular flexibility index (Phi) is 4.14. The second kappa shape index (κ2) is 5.67. The van der Waals surface area contributed by atoms with E-state index in [4.69, 9.17) is 4.74 Å². The van der Waals surface area contributed by atoms with E-state index in [9.17, 15) is 0 Å².